The van der Waals surface area contributed by atoms with Crippen LogP contribution in [0, 0.1) is 11.6 Å². The number of hydrogen-bond acceptors (Lipinski definition) is 4. The molecule has 1 aliphatic heterocycles. The smallest absolute Gasteiger partial charge is 0.270 e. The van der Waals surface area contributed by atoms with Gasteiger partial charge in [0, 0.05) is 23.9 Å². The summed E-state index contributed by atoms with van der Waals surface area (Å²) in [4.78, 5) is 17.0. The molecule has 10 heteroatoms. The van der Waals surface area contributed by atoms with Crippen molar-refractivity contribution in [1.29, 1.82) is 0 Å². The lowest BCUT2D eigenvalue weighted by atomic mass is 10.0. The van der Waals surface area contributed by atoms with E-state index in [0.717, 1.165) is 6.07 Å². The highest BCUT2D eigenvalue weighted by atomic mass is 79.9. The lowest BCUT2D eigenvalue weighted by Crippen LogP contribution is -2.43. The van der Waals surface area contributed by atoms with Crippen LogP contribution in [0.5, 0.6) is 5.75 Å². The van der Waals surface area contributed by atoms with Crippen molar-refractivity contribution in [2.24, 2.45) is 0 Å². The van der Waals surface area contributed by atoms with Gasteiger partial charge >= 0.3 is 0 Å². The maximum Gasteiger partial charge on any atom is 0.270 e. The van der Waals surface area contributed by atoms with Crippen LogP contribution in [-0.2, 0) is 6.42 Å². The Morgan fingerprint density at radius 3 is 2.96 bits per heavy atom. The van der Waals surface area contributed by atoms with E-state index in [-0.39, 0.29) is 24.5 Å². The fourth-order valence-electron chi connectivity index (χ4n) is 3.00. The minimum absolute atomic E-state index is 0.0138. The zero-order valence-corrected chi connectivity index (χ0v) is 16.5. The van der Waals surface area contributed by atoms with Crippen LogP contribution in [0.2, 0.25) is 5.02 Å². The Labute approximate surface area is 171 Å². The van der Waals surface area contributed by atoms with Crippen LogP contribution in [0.1, 0.15) is 16.1 Å². The van der Waals surface area contributed by atoms with Crippen LogP contribution in [0.15, 0.2) is 41.1 Å². The molecule has 1 unspecified atom stereocenters. The molecule has 0 aliphatic carbocycles. The van der Waals surface area contributed by atoms with Gasteiger partial charge in [-0.15, -0.1) is 0 Å². The number of halogens is 4. The number of carbonyl (C=O) groups excluding carboxylic acids is 1. The third kappa shape index (κ3) is 3.59. The summed E-state index contributed by atoms with van der Waals surface area (Å²) in [5, 5.41) is 7.33. The number of aromatic nitrogens is 3. The van der Waals surface area contributed by atoms with Crippen molar-refractivity contribution in [2.75, 3.05) is 6.61 Å². The van der Waals surface area contributed by atoms with Crippen molar-refractivity contribution < 1.29 is 18.3 Å². The summed E-state index contributed by atoms with van der Waals surface area (Å²) < 4.78 is 34.4. The Kier molecular flexibility index (Phi) is 5.03. The van der Waals surface area contributed by atoms with Crippen molar-refractivity contribution >= 4 is 33.4 Å². The summed E-state index contributed by atoms with van der Waals surface area (Å²) in [6.45, 7) is 0.0565. The normalized spacial score (nSPS) is 15.6. The lowest BCUT2D eigenvalue weighted by molar-refractivity contribution is 0.0906. The van der Waals surface area contributed by atoms with Crippen molar-refractivity contribution in [3.63, 3.8) is 0 Å². The third-order valence-corrected chi connectivity index (χ3v) is 4.85. The van der Waals surface area contributed by atoms with E-state index in [1.165, 1.54) is 23.0 Å². The summed E-state index contributed by atoms with van der Waals surface area (Å²) in [5.41, 5.74) is 0.556. The molecule has 1 aliphatic rings. The predicted octanol–water partition coefficient (Wildman–Crippen LogP) is 3.69. The Morgan fingerprint density at radius 2 is 2.18 bits per heavy atom. The zero-order chi connectivity index (χ0) is 19.8. The molecule has 1 amide bonds. The van der Waals surface area contributed by atoms with Gasteiger partial charge in [-0.3, -0.25) is 4.79 Å². The average molecular weight is 470 g/mol. The molecule has 0 fully saturated rings. The van der Waals surface area contributed by atoms with E-state index in [2.05, 4.69) is 31.3 Å². The Balaban J connectivity index is 1.58. The van der Waals surface area contributed by atoms with Gasteiger partial charge < -0.3 is 10.1 Å². The summed E-state index contributed by atoms with van der Waals surface area (Å²) >= 11 is 9.41. The molecule has 1 atom stereocenters. The monoisotopic (exact) mass is 468 g/mol. The summed E-state index contributed by atoms with van der Waals surface area (Å²) in [7, 11) is 0. The number of nitrogens with zero attached hydrogens (tertiary/aromatic N) is 3. The van der Waals surface area contributed by atoms with E-state index in [9.17, 15) is 13.6 Å². The molecule has 4 rings (SSSR count). The Hall–Kier alpha value is -2.52. The molecule has 144 valence electrons. The summed E-state index contributed by atoms with van der Waals surface area (Å²) in [6.07, 6.45) is 1.77. The van der Waals surface area contributed by atoms with Crippen LogP contribution in [-0.4, -0.2) is 33.3 Å². The Morgan fingerprint density at radius 1 is 1.36 bits per heavy atom. The molecule has 3 heterocycles. The van der Waals surface area contributed by atoms with Crippen molar-refractivity contribution in [3.8, 4) is 11.6 Å². The number of ether oxygens (including phenoxy) is 1. The molecule has 0 bridgehead atoms. The van der Waals surface area contributed by atoms with Crippen molar-refractivity contribution in [2.45, 2.75) is 12.5 Å². The maximum absolute atomic E-state index is 13.8. The number of fused-ring (bicyclic) bond motifs is 1. The van der Waals surface area contributed by atoms with Crippen LogP contribution < -0.4 is 10.1 Å². The number of hydrogen-bond donors (Lipinski definition) is 1. The van der Waals surface area contributed by atoms with Gasteiger partial charge in [-0.2, -0.15) is 5.10 Å². The van der Waals surface area contributed by atoms with Gasteiger partial charge in [0.2, 0.25) is 0 Å². The van der Waals surface area contributed by atoms with E-state index in [1.54, 1.807) is 12.1 Å². The molecule has 0 spiro atoms. The van der Waals surface area contributed by atoms with Gasteiger partial charge in [-0.25, -0.2) is 18.4 Å². The number of benzene rings is 1. The van der Waals surface area contributed by atoms with Crippen LogP contribution in [0.3, 0.4) is 0 Å². The summed E-state index contributed by atoms with van der Waals surface area (Å²) in [6, 6.07) is 6.32. The highest BCUT2D eigenvalue weighted by Gasteiger charge is 2.27. The first-order chi connectivity index (χ1) is 13.4. The topological polar surface area (TPSA) is 69.0 Å². The number of carbonyl (C=O) groups is 1. The highest BCUT2D eigenvalue weighted by molar-refractivity contribution is 9.10. The molecule has 2 aromatic heterocycles. The second kappa shape index (κ2) is 7.48. The second-order valence-electron chi connectivity index (χ2n) is 6.13. The second-order valence-corrected chi connectivity index (χ2v) is 7.35. The first-order valence-electron chi connectivity index (χ1n) is 8.20. The minimum atomic E-state index is -0.758. The highest BCUT2D eigenvalue weighted by Crippen LogP contribution is 2.29. The molecule has 28 heavy (non-hydrogen) atoms. The van der Waals surface area contributed by atoms with Crippen LogP contribution in [0.4, 0.5) is 8.78 Å². The zero-order valence-electron chi connectivity index (χ0n) is 14.1. The van der Waals surface area contributed by atoms with Crippen molar-refractivity contribution in [1.82, 2.24) is 20.1 Å². The molecule has 0 saturated carbocycles. The van der Waals surface area contributed by atoms with Crippen LogP contribution >= 0.6 is 27.5 Å². The fraction of sp³-hybridized carbons (Fsp3) is 0.167. The third-order valence-electron chi connectivity index (χ3n) is 4.17. The molecule has 3 aromatic rings. The SMILES string of the molecule is O=C(NC1COc2c(F)cc(F)cc2C1)c1cc(Br)nn1-c1ncccc1Cl. The van der Waals surface area contributed by atoms with Gasteiger partial charge in [0.25, 0.3) is 5.91 Å². The Bertz CT molecular complexity index is 1080. The van der Waals surface area contributed by atoms with Gasteiger partial charge in [0.15, 0.2) is 17.4 Å². The first-order valence-corrected chi connectivity index (χ1v) is 9.37. The largest absolute Gasteiger partial charge is 0.488 e. The molecule has 0 saturated heterocycles. The van der Waals surface area contributed by atoms with Crippen molar-refractivity contribution in [3.05, 3.63) is 69.0 Å². The number of nitrogens with one attached hydrogen (secondary N) is 1. The molecule has 1 aromatic carbocycles. The van der Waals surface area contributed by atoms with E-state index < -0.39 is 23.6 Å². The average Bonchev–Trinajstić information content (AvgIpc) is 3.03. The quantitative estimate of drug-likeness (QED) is 0.635. The molecule has 6 nitrogen and oxygen atoms in total. The predicted molar refractivity (Wildman–Crippen MR) is 101 cm³/mol. The minimum Gasteiger partial charge on any atom is -0.488 e. The molecular formula is C18H12BrClF2N4O2. The fourth-order valence-corrected chi connectivity index (χ4v) is 3.57. The van der Waals surface area contributed by atoms with Gasteiger partial charge in [0.1, 0.15) is 22.7 Å². The lowest BCUT2D eigenvalue weighted by Gasteiger charge is -2.26. The van der Waals surface area contributed by atoms with E-state index in [1.807, 2.05) is 0 Å². The van der Waals surface area contributed by atoms with Gasteiger partial charge in [-0.05, 0) is 40.5 Å². The standard InChI is InChI=1S/C18H12BrClF2N4O2/c19-15-7-14(26(25-15)17-12(20)2-1-3-23-17)18(27)24-11-5-9-4-10(21)6-13(22)16(9)28-8-11/h1-4,6-7,11H,5,8H2,(H,24,27). The van der Waals surface area contributed by atoms with Gasteiger partial charge in [-0.1, -0.05) is 11.6 Å². The summed E-state index contributed by atoms with van der Waals surface area (Å²) in [5.74, 6) is -1.59. The number of pyridine rings is 1. The van der Waals surface area contributed by atoms with Crippen LogP contribution in [0.25, 0.3) is 5.82 Å². The molecular weight excluding hydrogens is 458 g/mol. The first kappa shape index (κ1) is 18.8. The molecule has 0 radical (unpaired) electrons. The van der Waals surface area contributed by atoms with Gasteiger partial charge in [0.05, 0.1) is 11.1 Å². The number of rotatable bonds is 3. The van der Waals surface area contributed by atoms with E-state index in [0.29, 0.717) is 21.0 Å². The van der Waals surface area contributed by atoms with E-state index in [4.69, 9.17) is 16.3 Å². The molecule has 1 N–H and O–H groups in total. The maximum atomic E-state index is 13.8. The number of amides is 1. The van der Waals surface area contributed by atoms with E-state index >= 15 is 0 Å².